The Hall–Kier alpha value is -1.33. The van der Waals surface area contributed by atoms with Crippen LogP contribution in [-0.2, 0) is 11.4 Å². The largest absolute Gasteiger partial charge is 0.493 e. The van der Waals surface area contributed by atoms with Crippen molar-refractivity contribution < 1.29 is 14.3 Å². The first-order valence-electron chi connectivity index (χ1n) is 8.02. The third-order valence-corrected chi connectivity index (χ3v) is 4.46. The van der Waals surface area contributed by atoms with Crippen LogP contribution in [0, 0.1) is 11.8 Å². The van der Waals surface area contributed by atoms with E-state index < -0.39 is 0 Å². The van der Waals surface area contributed by atoms with E-state index in [0.29, 0.717) is 24.0 Å². The summed E-state index contributed by atoms with van der Waals surface area (Å²) in [7, 11) is 5.00. The first-order valence-corrected chi connectivity index (χ1v) is 8.02. The fourth-order valence-corrected chi connectivity index (χ4v) is 3.35. The van der Waals surface area contributed by atoms with E-state index in [9.17, 15) is 0 Å². The number of hydrogen-bond donors (Lipinski definition) is 0. The minimum atomic E-state index is 0.599. The van der Waals surface area contributed by atoms with Crippen molar-refractivity contribution in [3.8, 4) is 11.5 Å². The Kier molecular flexibility index (Phi) is 6.46. The minimum absolute atomic E-state index is 0.599. The molecule has 0 N–H and O–H groups in total. The molecule has 1 saturated carbocycles. The van der Waals surface area contributed by atoms with Crippen molar-refractivity contribution in [1.82, 2.24) is 10.0 Å². The summed E-state index contributed by atoms with van der Waals surface area (Å²) in [6.07, 6.45) is 6.99. The third-order valence-electron chi connectivity index (χ3n) is 4.46. The molecule has 0 radical (unpaired) electrons. The van der Waals surface area contributed by atoms with E-state index >= 15 is 0 Å². The van der Waals surface area contributed by atoms with Gasteiger partial charge in [0.25, 0.3) is 0 Å². The van der Waals surface area contributed by atoms with Gasteiger partial charge in [0.05, 0.1) is 27.9 Å². The standard InChI is InChI=1S/C17H28N2O3/c1-13-6-5-7-14(10-13)11-19(22-4)12-15-17(21-3)16(20-2)8-9-18-15/h8-9,13-14H,5-7,10-12H2,1-4H3. The van der Waals surface area contributed by atoms with Gasteiger partial charge in [0.1, 0.15) is 5.69 Å². The number of rotatable bonds is 7. The fraction of sp³-hybridized carbons (Fsp3) is 0.706. The lowest BCUT2D eigenvalue weighted by atomic mass is 9.82. The number of nitrogens with zero attached hydrogens (tertiary/aromatic N) is 2. The zero-order valence-electron chi connectivity index (χ0n) is 14.2. The number of hydroxylamine groups is 2. The molecule has 0 amide bonds. The second kappa shape index (κ2) is 8.34. The lowest BCUT2D eigenvalue weighted by Gasteiger charge is -2.31. The second-order valence-corrected chi connectivity index (χ2v) is 6.14. The molecule has 1 aromatic heterocycles. The molecule has 1 fully saturated rings. The highest BCUT2D eigenvalue weighted by atomic mass is 16.7. The van der Waals surface area contributed by atoms with Gasteiger partial charge in [-0.1, -0.05) is 19.8 Å². The zero-order valence-corrected chi connectivity index (χ0v) is 14.2. The molecule has 2 unspecified atom stereocenters. The molecule has 5 nitrogen and oxygen atoms in total. The van der Waals surface area contributed by atoms with Crippen molar-refractivity contribution in [2.45, 2.75) is 39.2 Å². The number of pyridine rings is 1. The summed E-state index contributed by atoms with van der Waals surface area (Å²) in [5, 5.41) is 1.98. The lowest BCUT2D eigenvalue weighted by Crippen LogP contribution is -2.31. The van der Waals surface area contributed by atoms with Gasteiger partial charge in [0, 0.05) is 18.8 Å². The van der Waals surface area contributed by atoms with Crippen LogP contribution in [0.2, 0.25) is 0 Å². The Morgan fingerprint density at radius 1 is 1.23 bits per heavy atom. The lowest BCUT2D eigenvalue weighted by molar-refractivity contribution is -0.151. The van der Waals surface area contributed by atoms with Crippen LogP contribution in [0.15, 0.2) is 12.3 Å². The molecule has 0 aromatic carbocycles. The molecular formula is C17H28N2O3. The van der Waals surface area contributed by atoms with Gasteiger partial charge in [-0.05, 0) is 24.7 Å². The SMILES string of the molecule is COc1ccnc(CN(CC2CCCC(C)C2)OC)c1OC. The molecule has 1 aliphatic carbocycles. The molecule has 1 aliphatic rings. The van der Waals surface area contributed by atoms with Crippen molar-refractivity contribution >= 4 is 0 Å². The molecule has 1 heterocycles. The van der Waals surface area contributed by atoms with Crippen LogP contribution in [0.25, 0.3) is 0 Å². The summed E-state index contributed by atoms with van der Waals surface area (Å²) < 4.78 is 10.8. The molecule has 22 heavy (non-hydrogen) atoms. The maximum atomic E-state index is 5.56. The molecule has 0 saturated heterocycles. The van der Waals surface area contributed by atoms with Gasteiger partial charge >= 0.3 is 0 Å². The molecule has 1 aromatic rings. The normalized spacial score (nSPS) is 21.9. The Balaban J connectivity index is 2.03. The van der Waals surface area contributed by atoms with E-state index in [4.69, 9.17) is 14.3 Å². The van der Waals surface area contributed by atoms with E-state index in [-0.39, 0.29) is 0 Å². The van der Waals surface area contributed by atoms with E-state index in [0.717, 1.165) is 18.2 Å². The van der Waals surface area contributed by atoms with E-state index in [1.807, 2.05) is 11.1 Å². The average Bonchev–Trinajstić information content (AvgIpc) is 2.53. The van der Waals surface area contributed by atoms with Crippen molar-refractivity contribution in [2.24, 2.45) is 11.8 Å². The predicted octanol–water partition coefficient (Wildman–Crippen LogP) is 3.29. The maximum Gasteiger partial charge on any atom is 0.183 e. The molecule has 2 atom stereocenters. The van der Waals surface area contributed by atoms with Crippen LogP contribution < -0.4 is 9.47 Å². The van der Waals surface area contributed by atoms with Crippen molar-refractivity contribution in [2.75, 3.05) is 27.9 Å². The monoisotopic (exact) mass is 308 g/mol. The van der Waals surface area contributed by atoms with Crippen LogP contribution >= 0.6 is 0 Å². The van der Waals surface area contributed by atoms with E-state index in [1.165, 1.54) is 25.7 Å². The van der Waals surface area contributed by atoms with Gasteiger partial charge in [-0.15, -0.1) is 0 Å². The Labute approximate surface area is 133 Å². The summed E-state index contributed by atoms with van der Waals surface area (Å²) in [6, 6.07) is 1.81. The van der Waals surface area contributed by atoms with Gasteiger partial charge < -0.3 is 14.3 Å². The molecular weight excluding hydrogens is 280 g/mol. The minimum Gasteiger partial charge on any atom is -0.493 e. The van der Waals surface area contributed by atoms with E-state index in [1.54, 1.807) is 27.5 Å². The summed E-state index contributed by atoms with van der Waals surface area (Å²) in [6.45, 7) is 3.88. The van der Waals surface area contributed by atoms with Gasteiger partial charge in [0.15, 0.2) is 11.5 Å². The zero-order chi connectivity index (χ0) is 15.9. The molecule has 2 rings (SSSR count). The highest BCUT2D eigenvalue weighted by molar-refractivity contribution is 5.42. The Morgan fingerprint density at radius 3 is 2.68 bits per heavy atom. The third kappa shape index (κ3) is 4.34. The number of ether oxygens (including phenoxy) is 2. The highest BCUT2D eigenvalue weighted by Gasteiger charge is 2.23. The van der Waals surface area contributed by atoms with Crippen LogP contribution in [0.4, 0.5) is 0 Å². The topological polar surface area (TPSA) is 43.8 Å². The average molecular weight is 308 g/mol. The van der Waals surface area contributed by atoms with Crippen molar-refractivity contribution in [1.29, 1.82) is 0 Å². The summed E-state index contributed by atoms with van der Waals surface area (Å²) in [5.41, 5.74) is 0.840. The molecule has 0 bridgehead atoms. The summed E-state index contributed by atoms with van der Waals surface area (Å²) in [4.78, 5) is 9.99. The summed E-state index contributed by atoms with van der Waals surface area (Å²) >= 11 is 0. The Bertz CT molecular complexity index is 467. The summed E-state index contributed by atoms with van der Waals surface area (Å²) in [5.74, 6) is 2.90. The predicted molar refractivity (Wildman–Crippen MR) is 85.9 cm³/mol. The quantitative estimate of drug-likeness (QED) is 0.723. The van der Waals surface area contributed by atoms with Gasteiger partial charge in [-0.25, -0.2) is 0 Å². The number of methoxy groups -OCH3 is 2. The van der Waals surface area contributed by atoms with Gasteiger partial charge in [0.2, 0.25) is 0 Å². The first kappa shape index (κ1) is 17.0. The van der Waals surface area contributed by atoms with Crippen LogP contribution in [0.5, 0.6) is 11.5 Å². The molecule has 0 spiro atoms. The van der Waals surface area contributed by atoms with Crippen molar-refractivity contribution in [3.63, 3.8) is 0 Å². The van der Waals surface area contributed by atoms with Gasteiger partial charge in [-0.3, -0.25) is 4.98 Å². The van der Waals surface area contributed by atoms with Crippen molar-refractivity contribution in [3.05, 3.63) is 18.0 Å². The maximum absolute atomic E-state index is 5.56. The molecule has 124 valence electrons. The van der Waals surface area contributed by atoms with Crippen LogP contribution in [0.3, 0.4) is 0 Å². The fourth-order valence-electron chi connectivity index (χ4n) is 3.35. The Morgan fingerprint density at radius 2 is 2.05 bits per heavy atom. The van der Waals surface area contributed by atoms with Gasteiger partial charge in [-0.2, -0.15) is 5.06 Å². The highest BCUT2D eigenvalue weighted by Crippen LogP contribution is 2.32. The second-order valence-electron chi connectivity index (χ2n) is 6.14. The molecule has 5 heteroatoms. The van der Waals surface area contributed by atoms with Crippen LogP contribution in [-0.4, -0.2) is 37.9 Å². The first-order chi connectivity index (χ1) is 10.7. The molecule has 0 aliphatic heterocycles. The van der Waals surface area contributed by atoms with Crippen LogP contribution in [0.1, 0.15) is 38.3 Å². The number of aromatic nitrogens is 1. The smallest absolute Gasteiger partial charge is 0.183 e. The number of hydrogen-bond acceptors (Lipinski definition) is 5. The van der Waals surface area contributed by atoms with E-state index in [2.05, 4.69) is 11.9 Å².